The zero-order chi connectivity index (χ0) is 21.1. The number of rotatable bonds is 8. The lowest BCUT2D eigenvalue weighted by Crippen LogP contribution is -2.13. The number of pyridine rings is 1. The molecule has 0 radical (unpaired) electrons. The van der Waals surface area contributed by atoms with Crippen molar-refractivity contribution in [1.29, 1.82) is 0 Å². The Balaban J connectivity index is 1.68. The second-order valence-corrected chi connectivity index (χ2v) is 6.56. The molecule has 4 rings (SSSR count). The molecule has 0 unspecified atom stereocenters. The molecule has 0 atom stereocenters. The molecule has 0 fully saturated rings. The number of ether oxygens (including phenoxy) is 2. The van der Waals surface area contributed by atoms with E-state index in [0.29, 0.717) is 48.1 Å². The molecule has 156 valence electrons. The van der Waals surface area contributed by atoms with Gasteiger partial charge in [0.1, 0.15) is 11.5 Å². The van der Waals surface area contributed by atoms with E-state index in [4.69, 9.17) is 19.6 Å². The van der Waals surface area contributed by atoms with E-state index < -0.39 is 6.29 Å². The molecule has 0 aliphatic heterocycles. The minimum absolute atomic E-state index is 0.115. The van der Waals surface area contributed by atoms with Gasteiger partial charge in [-0.05, 0) is 45.0 Å². The van der Waals surface area contributed by atoms with Crippen molar-refractivity contribution in [3.05, 3.63) is 47.5 Å². The Hall–Kier alpha value is -3.37. The van der Waals surface area contributed by atoms with Crippen LogP contribution in [0.25, 0.3) is 22.6 Å². The largest absolute Gasteiger partial charge is 0.460 e. The van der Waals surface area contributed by atoms with Crippen LogP contribution in [-0.4, -0.2) is 43.2 Å². The lowest BCUT2D eigenvalue weighted by atomic mass is 10.2. The molecular formula is C20H23N7O3. The second kappa shape index (κ2) is 8.56. The SMILES string of the molecule is CCOC(OCC)c1cccc(Cn2nnc3c(-c4ccc(C)o4)nc(N)nc32)n1. The molecule has 0 amide bonds. The summed E-state index contributed by atoms with van der Waals surface area (Å²) in [6.45, 7) is 7.09. The van der Waals surface area contributed by atoms with E-state index in [9.17, 15) is 0 Å². The van der Waals surface area contributed by atoms with Crippen LogP contribution < -0.4 is 5.73 Å². The van der Waals surface area contributed by atoms with Crippen molar-refractivity contribution in [2.24, 2.45) is 0 Å². The summed E-state index contributed by atoms with van der Waals surface area (Å²) in [5.41, 5.74) is 8.92. The highest BCUT2D eigenvalue weighted by Gasteiger charge is 2.19. The summed E-state index contributed by atoms with van der Waals surface area (Å²) in [6.07, 6.45) is -0.515. The summed E-state index contributed by atoms with van der Waals surface area (Å²) >= 11 is 0. The van der Waals surface area contributed by atoms with Crippen LogP contribution in [0, 0.1) is 6.92 Å². The van der Waals surface area contributed by atoms with Crippen molar-refractivity contribution >= 4 is 17.1 Å². The zero-order valence-electron chi connectivity index (χ0n) is 17.1. The van der Waals surface area contributed by atoms with E-state index >= 15 is 0 Å². The zero-order valence-corrected chi connectivity index (χ0v) is 17.1. The quantitative estimate of drug-likeness (QED) is 0.437. The van der Waals surface area contributed by atoms with Gasteiger partial charge in [-0.3, -0.25) is 4.98 Å². The van der Waals surface area contributed by atoms with Crippen molar-refractivity contribution in [1.82, 2.24) is 29.9 Å². The molecule has 0 aliphatic carbocycles. The maximum absolute atomic E-state index is 5.94. The minimum Gasteiger partial charge on any atom is -0.460 e. The van der Waals surface area contributed by atoms with E-state index in [0.717, 1.165) is 11.5 Å². The van der Waals surface area contributed by atoms with Crippen molar-refractivity contribution in [3.63, 3.8) is 0 Å². The van der Waals surface area contributed by atoms with Crippen molar-refractivity contribution in [2.75, 3.05) is 18.9 Å². The predicted molar refractivity (Wildman–Crippen MR) is 109 cm³/mol. The summed E-state index contributed by atoms with van der Waals surface area (Å²) in [5, 5.41) is 8.49. The monoisotopic (exact) mass is 409 g/mol. The number of aryl methyl sites for hydroxylation is 1. The topological polar surface area (TPSA) is 127 Å². The van der Waals surface area contributed by atoms with Crippen molar-refractivity contribution in [3.8, 4) is 11.5 Å². The molecule has 0 spiro atoms. The first-order valence-electron chi connectivity index (χ1n) is 9.71. The molecule has 10 heteroatoms. The standard InChI is InChI=1S/C20H23N7O3/c1-4-28-19(29-5-2)14-8-6-7-13(22-14)11-27-18-17(25-26-27)16(23-20(21)24-18)15-10-9-12(3)30-15/h6-10,19H,4-5,11H2,1-3H3,(H2,21,23,24). The highest BCUT2D eigenvalue weighted by Crippen LogP contribution is 2.27. The van der Waals surface area contributed by atoms with Gasteiger partial charge in [0.15, 0.2) is 16.9 Å². The Morgan fingerprint density at radius 1 is 1.07 bits per heavy atom. The van der Waals surface area contributed by atoms with Crippen LogP contribution in [-0.2, 0) is 16.0 Å². The number of anilines is 1. The van der Waals surface area contributed by atoms with Gasteiger partial charge in [-0.2, -0.15) is 4.98 Å². The number of furan rings is 1. The van der Waals surface area contributed by atoms with Gasteiger partial charge < -0.3 is 19.6 Å². The molecule has 0 bridgehead atoms. The van der Waals surface area contributed by atoms with E-state index in [1.54, 1.807) is 4.68 Å². The van der Waals surface area contributed by atoms with Gasteiger partial charge in [-0.25, -0.2) is 9.67 Å². The third-order valence-electron chi connectivity index (χ3n) is 4.37. The highest BCUT2D eigenvalue weighted by molar-refractivity contribution is 5.86. The molecule has 0 saturated heterocycles. The first-order valence-corrected chi connectivity index (χ1v) is 9.71. The highest BCUT2D eigenvalue weighted by atomic mass is 16.7. The molecule has 4 aromatic rings. The van der Waals surface area contributed by atoms with Crippen LogP contribution in [0.5, 0.6) is 0 Å². The van der Waals surface area contributed by atoms with Crippen LogP contribution in [0.4, 0.5) is 5.95 Å². The third kappa shape index (κ3) is 4.00. The fourth-order valence-electron chi connectivity index (χ4n) is 3.11. The first-order chi connectivity index (χ1) is 14.6. The van der Waals surface area contributed by atoms with Crippen molar-refractivity contribution in [2.45, 2.75) is 33.6 Å². The Kier molecular flexibility index (Phi) is 5.68. The van der Waals surface area contributed by atoms with Gasteiger partial charge in [0, 0.05) is 13.2 Å². The Morgan fingerprint density at radius 2 is 1.87 bits per heavy atom. The van der Waals surface area contributed by atoms with E-state index in [-0.39, 0.29) is 5.95 Å². The average Bonchev–Trinajstić information content (AvgIpc) is 3.34. The lowest BCUT2D eigenvalue weighted by molar-refractivity contribution is -0.142. The van der Waals surface area contributed by atoms with Crippen molar-refractivity contribution < 1.29 is 13.9 Å². The number of nitrogens with zero attached hydrogens (tertiary/aromatic N) is 6. The van der Waals surface area contributed by atoms with Gasteiger partial charge in [-0.1, -0.05) is 11.3 Å². The summed E-state index contributed by atoms with van der Waals surface area (Å²) in [5.74, 6) is 1.45. The van der Waals surface area contributed by atoms with Crippen LogP contribution >= 0.6 is 0 Å². The van der Waals surface area contributed by atoms with Gasteiger partial charge >= 0.3 is 0 Å². The summed E-state index contributed by atoms with van der Waals surface area (Å²) < 4.78 is 18.6. The molecule has 0 aliphatic rings. The number of hydrogen-bond donors (Lipinski definition) is 1. The van der Waals surface area contributed by atoms with Gasteiger partial charge in [0.2, 0.25) is 12.2 Å². The van der Waals surface area contributed by atoms with Gasteiger partial charge in [0.25, 0.3) is 0 Å². The summed E-state index contributed by atoms with van der Waals surface area (Å²) in [6, 6.07) is 9.35. The molecule has 30 heavy (non-hydrogen) atoms. The number of fused-ring (bicyclic) bond motifs is 1. The molecular weight excluding hydrogens is 386 g/mol. The number of nitrogens with two attached hydrogens (primary N) is 1. The van der Waals surface area contributed by atoms with Crippen LogP contribution in [0.2, 0.25) is 0 Å². The van der Waals surface area contributed by atoms with Crippen LogP contribution in [0.15, 0.2) is 34.7 Å². The first kappa shape index (κ1) is 19.9. The van der Waals surface area contributed by atoms with E-state index in [1.807, 2.05) is 51.1 Å². The van der Waals surface area contributed by atoms with E-state index in [2.05, 4.69) is 25.3 Å². The third-order valence-corrected chi connectivity index (χ3v) is 4.37. The maximum Gasteiger partial charge on any atom is 0.222 e. The summed E-state index contributed by atoms with van der Waals surface area (Å²) in [7, 11) is 0. The summed E-state index contributed by atoms with van der Waals surface area (Å²) in [4.78, 5) is 13.3. The molecule has 4 heterocycles. The Morgan fingerprint density at radius 3 is 2.57 bits per heavy atom. The smallest absolute Gasteiger partial charge is 0.222 e. The number of aromatic nitrogens is 6. The molecule has 4 aromatic heterocycles. The molecule has 0 aromatic carbocycles. The Labute approximate surface area is 173 Å². The Bertz CT molecular complexity index is 1150. The second-order valence-electron chi connectivity index (χ2n) is 6.56. The number of hydrogen-bond acceptors (Lipinski definition) is 9. The lowest BCUT2D eigenvalue weighted by Gasteiger charge is -2.16. The minimum atomic E-state index is -0.515. The fourth-order valence-corrected chi connectivity index (χ4v) is 3.11. The fraction of sp³-hybridized carbons (Fsp3) is 0.350. The van der Waals surface area contributed by atoms with Crippen LogP contribution in [0.1, 0.15) is 37.3 Å². The average molecular weight is 409 g/mol. The van der Waals surface area contributed by atoms with Gasteiger partial charge in [-0.15, -0.1) is 5.10 Å². The van der Waals surface area contributed by atoms with Gasteiger partial charge in [0.05, 0.1) is 17.9 Å². The molecule has 2 N–H and O–H groups in total. The molecule has 10 nitrogen and oxygen atoms in total. The van der Waals surface area contributed by atoms with E-state index in [1.165, 1.54) is 0 Å². The predicted octanol–water partition coefficient (Wildman–Crippen LogP) is 2.89. The maximum atomic E-state index is 5.94. The van der Waals surface area contributed by atoms with Crippen LogP contribution in [0.3, 0.4) is 0 Å². The number of nitrogen functional groups attached to an aromatic ring is 1. The normalized spacial score (nSPS) is 11.6. The molecule has 0 saturated carbocycles.